The first-order valence-electron chi connectivity index (χ1n) is 8.22. The molecule has 0 aliphatic rings. The Balaban J connectivity index is 1.97. The molecule has 0 saturated heterocycles. The highest BCUT2D eigenvalue weighted by Crippen LogP contribution is 2.30. The van der Waals surface area contributed by atoms with Crippen molar-refractivity contribution in [3.05, 3.63) is 59.7 Å². The van der Waals surface area contributed by atoms with Crippen molar-refractivity contribution in [1.82, 2.24) is 0 Å². The van der Waals surface area contributed by atoms with Crippen LogP contribution in [-0.4, -0.2) is 12.0 Å². The summed E-state index contributed by atoms with van der Waals surface area (Å²) in [6, 6.07) is 11.7. The third kappa shape index (κ3) is 5.25. The van der Waals surface area contributed by atoms with Gasteiger partial charge < -0.3 is 10.1 Å². The Hall–Kier alpha value is -2.50. The second kappa shape index (κ2) is 7.40. The maximum absolute atomic E-state index is 12.5. The highest BCUT2D eigenvalue weighted by Gasteiger charge is 2.30. The van der Waals surface area contributed by atoms with Crippen LogP contribution in [0.3, 0.4) is 0 Å². The van der Waals surface area contributed by atoms with Gasteiger partial charge in [-0.15, -0.1) is 0 Å². The van der Waals surface area contributed by atoms with Gasteiger partial charge in [0.2, 0.25) is 0 Å². The van der Waals surface area contributed by atoms with Crippen molar-refractivity contribution in [3.63, 3.8) is 0 Å². The van der Waals surface area contributed by atoms with Crippen molar-refractivity contribution >= 4 is 11.6 Å². The van der Waals surface area contributed by atoms with Crippen molar-refractivity contribution in [2.24, 2.45) is 0 Å². The van der Waals surface area contributed by atoms with Crippen LogP contribution in [0.5, 0.6) is 5.75 Å². The van der Waals surface area contributed by atoms with E-state index in [9.17, 15) is 18.0 Å². The molecule has 26 heavy (non-hydrogen) atoms. The molecule has 0 unspecified atom stereocenters. The van der Waals surface area contributed by atoms with Gasteiger partial charge in [-0.2, -0.15) is 13.2 Å². The van der Waals surface area contributed by atoms with Crippen LogP contribution in [-0.2, 0) is 16.4 Å². The van der Waals surface area contributed by atoms with E-state index in [1.807, 2.05) is 12.1 Å². The predicted molar refractivity (Wildman–Crippen MR) is 95.3 cm³/mol. The number of amides is 1. The van der Waals surface area contributed by atoms with Gasteiger partial charge in [0.15, 0.2) is 6.10 Å². The number of carbonyl (C=O) groups excluding carboxylic acids is 1. The third-order valence-electron chi connectivity index (χ3n) is 3.88. The minimum Gasteiger partial charge on any atom is -0.481 e. The van der Waals surface area contributed by atoms with Gasteiger partial charge >= 0.3 is 6.18 Å². The highest BCUT2D eigenvalue weighted by molar-refractivity contribution is 5.94. The Bertz CT molecular complexity index is 745. The minimum absolute atomic E-state index is 0.0180. The zero-order chi connectivity index (χ0) is 19.5. The highest BCUT2D eigenvalue weighted by atomic mass is 19.4. The van der Waals surface area contributed by atoms with E-state index < -0.39 is 23.8 Å². The topological polar surface area (TPSA) is 38.3 Å². The van der Waals surface area contributed by atoms with Crippen LogP contribution in [0.1, 0.15) is 38.8 Å². The van der Waals surface area contributed by atoms with Gasteiger partial charge in [-0.1, -0.05) is 32.9 Å². The molecule has 0 heterocycles. The number of benzene rings is 2. The first kappa shape index (κ1) is 19.8. The number of nitrogens with one attached hydrogen (secondary N) is 1. The summed E-state index contributed by atoms with van der Waals surface area (Å²) in [5, 5.41) is 2.54. The molecule has 0 aliphatic heterocycles. The van der Waals surface area contributed by atoms with Crippen LogP contribution in [0.2, 0.25) is 0 Å². The number of carbonyl (C=O) groups is 1. The van der Waals surface area contributed by atoms with Crippen molar-refractivity contribution < 1.29 is 22.7 Å². The standard InChI is InChI=1S/C20H22F3NO2/c1-13(26-17-11-7-14(8-12-17)19(2,3)4)18(25)24-16-9-5-15(6-10-16)20(21,22)23/h5-13H,1-4H3,(H,24,25)/t13-/m0/s1. The summed E-state index contributed by atoms with van der Waals surface area (Å²) in [4.78, 5) is 12.2. The molecule has 0 spiro atoms. The second-order valence-corrected chi connectivity index (χ2v) is 7.10. The fraction of sp³-hybridized carbons (Fsp3) is 0.350. The Labute approximate surface area is 151 Å². The Morgan fingerprint density at radius 1 is 0.923 bits per heavy atom. The van der Waals surface area contributed by atoms with Crippen molar-refractivity contribution in [3.8, 4) is 5.75 Å². The second-order valence-electron chi connectivity index (χ2n) is 7.10. The average Bonchev–Trinajstić information content (AvgIpc) is 2.54. The van der Waals surface area contributed by atoms with Crippen LogP contribution in [0.15, 0.2) is 48.5 Å². The van der Waals surface area contributed by atoms with Crippen LogP contribution < -0.4 is 10.1 Å². The smallest absolute Gasteiger partial charge is 0.416 e. The molecule has 0 bridgehead atoms. The van der Waals surface area contributed by atoms with Crippen molar-refractivity contribution in [1.29, 1.82) is 0 Å². The number of halogens is 3. The van der Waals surface area contributed by atoms with Gasteiger partial charge in [-0.3, -0.25) is 4.79 Å². The van der Waals surface area contributed by atoms with E-state index in [2.05, 4.69) is 26.1 Å². The average molecular weight is 365 g/mol. The summed E-state index contributed by atoms with van der Waals surface area (Å²) < 4.78 is 43.2. The van der Waals surface area contributed by atoms with Crippen LogP contribution in [0.4, 0.5) is 18.9 Å². The number of ether oxygens (including phenoxy) is 1. The van der Waals surface area contributed by atoms with Crippen molar-refractivity contribution in [2.45, 2.75) is 45.4 Å². The predicted octanol–water partition coefficient (Wildman–Crippen LogP) is 5.41. The van der Waals surface area contributed by atoms with Crippen LogP contribution >= 0.6 is 0 Å². The number of hydrogen-bond acceptors (Lipinski definition) is 2. The number of hydrogen-bond donors (Lipinski definition) is 1. The largest absolute Gasteiger partial charge is 0.481 e. The van der Waals surface area contributed by atoms with E-state index in [0.29, 0.717) is 5.75 Å². The molecule has 6 heteroatoms. The summed E-state index contributed by atoms with van der Waals surface area (Å²) in [6.45, 7) is 7.88. The maximum atomic E-state index is 12.5. The van der Waals surface area contributed by atoms with Gasteiger partial charge in [-0.05, 0) is 54.3 Å². The Kier molecular flexibility index (Phi) is 5.64. The molecule has 0 radical (unpaired) electrons. The van der Waals surface area contributed by atoms with E-state index in [1.165, 1.54) is 12.1 Å². The fourth-order valence-electron chi connectivity index (χ4n) is 2.28. The molecule has 0 fully saturated rings. The van der Waals surface area contributed by atoms with E-state index in [0.717, 1.165) is 17.7 Å². The van der Waals surface area contributed by atoms with E-state index in [4.69, 9.17) is 4.74 Å². The molecule has 0 aromatic heterocycles. The van der Waals surface area contributed by atoms with Gasteiger partial charge in [-0.25, -0.2) is 0 Å². The summed E-state index contributed by atoms with van der Waals surface area (Å²) in [5.74, 6) is 0.109. The molecule has 3 nitrogen and oxygen atoms in total. The number of anilines is 1. The fourth-order valence-corrected chi connectivity index (χ4v) is 2.28. The van der Waals surface area contributed by atoms with E-state index >= 15 is 0 Å². The first-order valence-corrected chi connectivity index (χ1v) is 8.22. The zero-order valence-electron chi connectivity index (χ0n) is 15.1. The van der Waals surface area contributed by atoms with Crippen molar-refractivity contribution in [2.75, 3.05) is 5.32 Å². The molecule has 2 rings (SSSR count). The molecule has 0 aliphatic carbocycles. The quantitative estimate of drug-likeness (QED) is 0.787. The lowest BCUT2D eigenvalue weighted by molar-refractivity contribution is -0.137. The van der Waals surface area contributed by atoms with E-state index in [-0.39, 0.29) is 11.1 Å². The molecular weight excluding hydrogens is 343 g/mol. The number of alkyl halides is 3. The number of rotatable bonds is 4. The SMILES string of the molecule is C[C@H](Oc1ccc(C(C)(C)C)cc1)C(=O)Nc1ccc(C(F)(F)F)cc1. The Morgan fingerprint density at radius 2 is 1.42 bits per heavy atom. The molecule has 1 N–H and O–H groups in total. The zero-order valence-corrected chi connectivity index (χ0v) is 15.1. The summed E-state index contributed by atoms with van der Waals surface area (Å²) in [5.41, 5.74) is 0.677. The molecule has 0 saturated carbocycles. The third-order valence-corrected chi connectivity index (χ3v) is 3.88. The summed E-state index contributed by atoms with van der Waals surface area (Å²) in [7, 11) is 0. The van der Waals surface area contributed by atoms with E-state index in [1.54, 1.807) is 19.1 Å². The lowest BCUT2D eigenvalue weighted by Gasteiger charge is -2.20. The lowest BCUT2D eigenvalue weighted by Crippen LogP contribution is -2.30. The molecule has 140 valence electrons. The lowest BCUT2D eigenvalue weighted by atomic mass is 9.87. The molecule has 1 atom stereocenters. The van der Waals surface area contributed by atoms with Gasteiger partial charge in [0, 0.05) is 5.69 Å². The Morgan fingerprint density at radius 3 is 1.88 bits per heavy atom. The van der Waals surface area contributed by atoms with Gasteiger partial charge in [0.05, 0.1) is 5.56 Å². The normalized spacial score (nSPS) is 13.2. The monoisotopic (exact) mass is 365 g/mol. The first-order chi connectivity index (χ1) is 12.0. The molecule has 2 aromatic carbocycles. The summed E-state index contributed by atoms with van der Waals surface area (Å²) in [6.07, 6.45) is -5.20. The van der Waals surface area contributed by atoms with Gasteiger partial charge in [0.1, 0.15) is 5.75 Å². The molecule has 1 amide bonds. The summed E-state index contributed by atoms with van der Waals surface area (Å²) >= 11 is 0. The molecule has 2 aromatic rings. The minimum atomic E-state index is -4.40. The van der Waals surface area contributed by atoms with Crippen LogP contribution in [0, 0.1) is 0 Å². The maximum Gasteiger partial charge on any atom is 0.416 e. The van der Waals surface area contributed by atoms with Crippen LogP contribution in [0.25, 0.3) is 0 Å². The molecular formula is C20H22F3NO2. The van der Waals surface area contributed by atoms with Gasteiger partial charge in [0.25, 0.3) is 5.91 Å².